The number of Topliss-reactive ketones (excluding diaryl/α,β-unsaturated/α-hetero) is 2. The second kappa shape index (κ2) is 14.3. The first-order valence-electron chi connectivity index (χ1n) is 15.7. The van der Waals surface area contributed by atoms with Crippen LogP contribution in [0.1, 0.15) is 111 Å². The Hall–Kier alpha value is -2.54. The van der Waals surface area contributed by atoms with E-state index in [1.165, 1.54) is 24.8 Å². The molecule has 0 spiro atoms. The summed E-state index contributed by atoms with van der Waals surface area (Å²) in [7, 11) is 0. The molecule has 4 rings (SSSR count). The maximum atomic E-state index is 13.1. The first kappa shape index (κ1) is 32.4. The van der Waals surface area contributed by atoms with Gasteiger partial charge in [0.25, 0.3) is 0 Å². The van der Waals surface area contributed by atoms with Gasteiger partial charge in [-0.05, 0) is 108 Å². The van der Waals surface area contributed by atoms with Crippen molar-refractivity contribution in [3.8, 4) is 0 Å². The molecule has 7 heteroatoms. The summed E-state index contributed by atoms with van der Waals surface area (Å²) in [6.45, 7) is 9.33. The minimum atomic E-state index is -0.458. The lowest BCUT2D eigenvalue weighted by atomic mass is 9.83. The normalized spacial score (nSPS) is 22.5. The molecule has 0 bridgehead atoms. The van der Waals surface area contributed by atoms with Gasteiger partial charge in [-0.1, -0.05) is 54.1 Å². The Morgan fingerprint density at radius 1 is 1.00 bits per heavy atom. The van der Waals surface area contributed by atoms with Crippen molar-refractivity contribution in [2.75, 3.05) is 5.32 Å². The largest absolute Gasteiger partial charge is 0.460 e. The van der Waals surface area contributed by atoms with Crippen LogP contribution in [0, 0.1) is 11.8 Å². The third-order valence-corrected chi connectivity index (χ3v) is 9.39. The highest BCUT2D eigenvalue weighted by Crippen LogP contribution is 2.32. The molecule has 1 fully saturated rings. The number of rotatable bonds is 8. The molecular weight excluding hydrogens is 592 g/mol. The Labute approximate surface area is 259 Å². The number of pyridine rings is 1. The zero-order chi connectivity index (χ0) is 30.4. The highest BCUT2D eigenvalue weighted by molar-refractivity contribution is 9.10. The van der Waals surface area contributed by atoms with Crippen LogP contribution in [0.15, 0.2) is 39.9 Å². The molecule has 3 atom stereocenters. The number of nitrogens with zero attached hydrogens (tertiary/aromatic N) is 1. The summed E-state index contributed by atoms with van der Waals surface area (Å²) in [6.07, 6.45) is 11.6. The van der Waals surface area contributed by atoms with Gasteiger partial charge >= 0.3 is 5.97 Å². The number of anilines is 1. The lowest BCUT2D eigenvalue weighted by Gasteiger charge is -2.27. The molecule has 1 aromatic carbocycles. The predicted molar refractivity (Wildman–Crippen MR) is 173 cm³/mol. The van der Waals surface area contributed by atoms with E-state index in [-0.39, 0.29) is 23.5 Å². The number of ketones is 2. The number of unbranched alkanes of at least 4 members (excludes halogenated alkanes) is 1. The van der Waals surface area contributed by atoms with Gasteiger partial charge in [0, 0.05) is 21.9 Å². The number of hydrogen-bond acceptors (Lipinski definition) is 6. The van der Waals surface area contributed by atoms with Crippen molar-refractivity contribution in [1.82, 2.24) is 4.98 Å². The number of fused-ring (bicyclic) bond motifs is 1. The van der Waals surface area contributed by atoms with Crippen molar-refractivity contribution in [3.63, 3.8) is 0 Å². The molecule has 2 unspecified atom stereocenters. The summed E-state index contributed by atoms with van der Waals surface area (Å²) < 4.78 is 6.66. The minimum Gasteiger partial charge on any atom is -0.460 e. The van der Waals surface area contributed by atoms with E-state index < -0.39 is 11.6 Å². The van der Waals surface area contributed by atoms with Crippen molar-refractivity contribution in [3.05, 3.63) is 45.4 Å². The van der Waals surface area contributed by atoms with Crippen molar-refractivity contribution < 1.29 is 19.1 Å². The molecule has 2 aliphatic rings. The molecule has 6 nitrogen and oxygen atoms in total. The molecule has 1 saturated carbocycles. The fourth-order valence-corrected chi connectivity index (χ4v) is 6.68. The highest BCUT2D eigenvalue weighted by atomic mass is 79.9. The molecule has 1 heterocycles. The smallest absolute Gasteiger partial charge is 0.309 e. The summed E-state index contributed by atoms with van der Waals surface area (Å²) in [4.78, 5) is 43.0. The van der Waals surface area contributed by atoms with Crippen LogP contribution in [0.3, 0.4) is 0 Å². The maximum absolute atomic E-state index is 13.1. The molecule has 228 valence electrons. The lowest BCUT2D eigenvalue weighted by Crippen LogP contribution is -2.30. The molecule has 0 amide bonds. The monoisotopic (exact) mass is 638 g/mol. The van der Waals surface area contributed by atoms with Gasteiger partial charge in [0.1, 0.15) is 11.4 Å². The molecule has 1 N–H and O–H groups in total. The van der Waals surface area contributed by atoms with Crippen molar-refractivity contribution in [1.29, 1.82) is 0 Å². The number of benzene rings is 1. The molecule has 42 heavy (non-hydrogen) atoms. The fraction of sp³-hybridized carbons (Fsp3) is 0.600. The molecule has 2 aliphatic carbocycles. The number of nitrogens with one attached hydrogen (secondary N) is 1. The Balaban J connectivity index is 1.39. The van der Waals surface area contributed by atoms with Gasteiger partial charge in [-0.3, -0.25) is 14.4 Å². The average molecular weight is 640 g/mol. The standard InChI is InChI=1S/C35H47BrN2O4/c1-22-23(2)33(40)29(18-19-31(22)39)37-32-20-26(28-17-16-27(36)21-30(28)38-32)13-9-7-11-24-10-6-8-12-25(15-14-24)34(41)42-35(3,4)5/h16-17,20-21,24-25,29H,6-15,18-19H2,1-5H3,(H,37,38)/t24?,25-,29?/m0/s1. The number of carbonyl (C=O) groups excluding carboxylic acids is 3. The number of hydrogen-bond donors (Lipinski definition) is 1. The van der Waals surface area contributed by atoms with Crippen molar-refractivity contribution in [2.24, 2.45) is 11.8 Å². The Morgan fingerprint density at radius 3 is 2.52 bits per heavy atom. The highest BCUT2D eigenvalue weighted by Gasteiger charge is 2.29. The van der Waals surface area contributed by atoms with Crippen LogP contribution in [-0.2, 0) is 25.5 Å². The topological polar surface area (TPSA) is 85.4 Å². The number of ether oxygens (including phenoxy) is 1. The zero-order valence-electron chi connectivity index (χ0n) is 26.0. The van der Waals surface area contributed by atoms with E-state index in [2.05, 4.69) is 33.4 Å². The Kier molecular flexibility index (Phi) is 11.0. The summed E-state index contributed by atoms with van der Waals surface area (Å²) in [5, 5.41) is 4.51. The van der Waals surface area contributed by atoms with Crippen LogP contribution in [-0.4, -0.2) is 34.2 Å². The molecule has 0 radical (unpaired) electrons. The fourth-order valence-electron chi connectivity index (χ4n) is 6.33. The zero-order valence-corrected chi connectivity index (χ0v) is 27.6. The van der Waals surface area contributed by atoms with E-state index in [1.54, 1.807) is 13.8 Å². The van der Waals surface area contributed by atoms with Crippen LogP contribution in [0.5, 0.6) is 0 Å². The van der Waals surface area contributed by atoms with Crippen molar-refractivity contribution >= 4 is 50.2 Å². The average Bonchev–Trinajstić information content (AvgIpc) is 2.99. The number of esters is 1. The molecular formula is C35H47BrN2O4. The summed E-state index contributed by atoms with van der Waals surface area (Å²) in [5.41, 5.74) is 2.80. The van der Waals surface area contributed by atoms with Gasteiger partial charge < -0.3 is 10.1 Å². The van der Waals surface area contributed by atoms with Gasteiger partial charge in [0.2, 0.25) is 0 Å². The maximum Gasteiger partial charge on any atom is 0.309 e. The Morgan fingerprint density at radius 2 is 1.76 bits per heavy atom. The summed E-state index contributed by atoms with van der Waals surface area (Å²) >= 11 is 3.58. The first-order chi connectivity index (χ1) is 19.9. The Bertz CT molecular complexity index is 1340. The van der Waals surface area contributed by atoms with E-state index in [1.807, 2.05) is 32.9 Å². The quantitative estimate of drug-likeness (QED) is 0.230. The second-order valence-corrected chi connectivity index (χ2v) is 14.2. The van der Waals surface area contributed by atoms with Crippen LogP contribution >= 0.6 is 15.9 Å². The lowest BCUT2D eigenvalue weighted by molar-refractivity contribution is -0.160. The van der Waals surface area contributed by atoms with Gasteiger partial charge in [-0.25, -0.2) is 4.98 Å². The third-order valence-electron chi connectivity index (χ3n) is 8.89. The van der Waals surface area contributed by atoms with Crippen LogP contribution < -0.4 is 5.32 Å². The predicted octanol–water partition coefficient (Wildman–Crippen LogP) is 8.69. The number of aromatic nitrogens is 1. The van der Waals surface area contributed by atoms with Crippen LogP contribution in [0.4, 0.5) is 5.82 Å². The number of carbonyl (C=O) groups is 3. The second-order valence-electron chi connectivity index (χ2n) is 13.3. The third kappa shape index (κ3) is 8.75. The molecule has 1 aromatic heterocycles. The van der Waals surface area contributed by atoms with Gasteiger partial charge in [-0.15, -0.1) is 0 Å². The molecule has 0 aliphatic heterocycles. The number of halogens is 1. The molecule has 2 aromatic rings. The number of allylic oxidation sites excluding steroid dienone is 1. The van der Waals surface area contributed by atoms with E-state index in [4.69, 9.17) is 9.72 Å². The van der Waals surface area contributed by atoms with E-state index in [9.17, 15) is 14.4 Å². The van der Waals surface area contributed by atoms with Crippen LogP contribution in [0.25, 0.3) is 10.9 Å². The molecule has 0 saturated heterocycles. The van der Waals surface area contributed by atoms with E-state index >= 15 is 0 Å². The SMILES string of the molecule is CC1=C(C)C(=O)C(Nc2cc(CCCCC3CCCC[C@H](C(=O)OC(C)(C)C)CC3)c3ccc(Br)cc3n2)CCC1=O. The minimum absolute atomic E-state index is 0.0239. The summed E-state index contributed by atoms with van der Waals surface area (Å²) in [5.74, 6) is 1.36. The van der Waals surface area contributed by atoms with E-state index in [0.717, 1.165) is 60.3 Å². The van der Waals surface area contributed by atoms with Gasteiger partial charge in [0.15, 0.2) is 11.6 Å². The summed E-state index contributed by atoms with van der Waals surface area (Å²) in [6, 6.07) is 7.81. The van der Waals surface area contributed by atoms with Crippen LogP contribution in [0.2, 0.25) is 0 Å². The van der Waals surface area contributed by atoms with Gasteiger partial charge in [-0.2, -0.15) is 0 Å². The first-order valence-corrected chi connectivity index (χ1v) is 16.5. The van der Waals surface area contributed by atoms with E-state index in [0.29, 0.717) is 35.7 Å². The van der Waals surface area contributed by atoms with Gasteiger partial charge in [0.05, 0.1) is 17.5 Å². The number of aryl methyl sites for hydroxylation is 1. The van der Waals surface area contributed by atoms with Crippen molar-refractivity contribution in [2.45, 2.75) is 123 Å².